The lowest BCUT2D eigenvalue weighted by Gasteiger charge is -2.19. The van der Waals surface area contributed by atoms with Gasteiger partial charge in [-0.2, -0.15) is 0 Å². The predicted octanol–water partition coefficient (Wildman–Crippen LogP) is 2.49. The molecule has 1 atom stereocenters. The molecule has 2 aromatic carbocycles. The molecule has 0 unspecified atom stereocenters. The van der Waals surface area contributed by atoms with Crippen LogP contribution in [-0.4, -0.2) is 47.4 Å². The van der Waals surface area contributed by atoms with Crippen LogP contribution in [0, 0.1) is 0 Å². The average molecular weight is 442 g/mol. The van der Waals surface area contributed by atoms with Gasteiger partial charge in [-0.1, -0.05) is 6.07 Å². The van der Waals surface area contributed by atoms with Crippen molar-refractivity contribution >= 4 is 11.6 Å². The number of aryl methyl sites for hydroxylation is 1. The summed E-state index contributed by atoms with van der Waals surface area (Å²) in [5.41, 5.74) is 3.75. The number of rotatable bonds is 8. The van der Waals surface area contributed by atoms with Crippen LogP contribution in [0.3, 0.4) is 0 Å². The van der Waals surface area contributed by atoms with E-state index in [9.17, 15) is 9.59 Å². The molecule has 0 saturated heterocycles. The molecular formula is C24H31N3O5. The van der Waals surface area contributed by atoms with Gasteiger partial charge >= 0.3 is 0 Å². The third-order valence-corrected chi connectivity index (χ3v) is 5.61. The summed E-state index contributed by atoms with van der Waals surface area (Å²) in [5, 5.41) is 9.25. The first-order chi connectivity index (χ1) is 15.4. The lowest BCUT2D eigenvalue weighted by atomic mass is 9.95. The summed E-state index contributed by atoms with van der Waals surface area (Å²) in [7, 11) is 6.59. The highest BCUT2D eigenvalue weighted by molar-refractivity contribution is 5.83. The number of ether oxygens (including phenoxy) is 3. The molecule has 0 radical (unpaired) electrons. The summed E-state index contributed by atoms with van der Waals surface area (Å²) >= 11 is 0. The number of methoxy groups -OCH3 is 3. The summed E-state index contributed by atoms with van der Waals surface area (Å²) < 4.78 is 16.9. The van der Waals surface area contributed by atoms with E-state index in [-0.39, 0.29) is 17.4 Å². The van der Waals surface area contributed by atoms with E-state index in [1.807, 2.05) is 19.2 Å². The Hall–Kier alpha value is -3.26. The van der Waals surface area contributed by atoms with Gasteiger partial charge in [0.25, 0.3) is 0 Å². The fraction of sp³-hybridized carbons (Fsp3) is 0.417. The number of likely N-dealkylation sites (N-methyl/N-ethyl adjacent to an activating group) is 1. The van der Waals surface area contributed by atoms with Crippen LogP contribution in [0.2, 0.25) is 0 Å². The Bertz CT molecular complexity index is 1050. The highest BCUT2D eigenvalue weighted by atomic mass is 16.5. The van der Waals surface area contributed by atoms with E-state index in [1.54, 1.807) is 33.5 Å². The summed E-state index contributed by atoms with van der Waals surface area (Å²) in [6.45, 7) is 2.82. The number of fused-ring (bicyclic) bond motifs is 3. The third kappa shape index (κ3) is 4.65. The van der Waals surface area contributed by atoms with Crippen LogP contribution in [0.15, 0.2) is 29.1 Å². The van der Waals surface area contributed by atoms with Gasteiger partial charge in [0.05, 0.1) is 33.1 Å². The van der Waals surface area contributed by atoms with Crippen molar-refractivity contribution in [2.24, 2.45) is 0 Å². The van der Waals surface area contributed by atoms with Gasteiger partial charge in [-0.3, -0.25) is 9.59 Å². The van der Waals surface area contributed by atoms with Gasteiger partial charge in [0.2, 0.25) is 17.1 Å². The lowest BCUT2D eigenvalue weighted by Crippen LogP contribution is -2.26. The molecule has 3 rings (SSSR count). The van der Waals surface area contributed by atoms with Gasteiger partial charge in [-0.25, -0.2) is 0 Å². The van der Waals surface area contributed by atoms with Gasteiger partial charge in [0.15, 0.2) is 11.5 Å². The maximum absolute atomic E-state index is 13.0. The van der Waals surface area contributed by atoms with Crippen LogP contribution >= 0.6 is 0 Å². The molecule has 0 spiro atoms. The smallest absolute Gasteiger partial charge is 0.217 e. The van der Waals surface area contributed by atoms with Crippen molar-refractivity contribution in [1.82, 2.24) is 10.6 Å². The first kappa shape index (κ1) is 23.4. The Kier molecular flexibility index (Phi) is 7.58. The molecule has 0 fully saturated rings. The molecule has 1 amide bonds. The number of benzene rings is 1. The second-order valence-electron chi connectivity index (χ2n) is 7.63. The molecule has 172 valence electrons. The zero-order chi connectivity index (χ0) is 23.3. The van der Waals surface area contributed by atoms with Crippen molar-refractivity contribution in [3.63, 3.8) is 0 Å². The third-order valence-electron chi connectivity index (χ3n) is 5.61. The maximum Gasteiger partial charge on any atom is 0.217 e. The fourth-order valence-corrected chi connectivity index (χ4v) is 4.18. The SMILES string of the molecule is CNCCNc1ccc2c(cc1=O)[C@@H](NC(C)=O)CCc1cc(OC)c(OC)c(OC)c1-2. The van der Waals surface area contributed by atoms with Crippen LogP contribution in [0.25, 0.3) is 11.1 Å². The number of anilines is 1. The van der Waals surface area contributed by atoms with E-state index >= 15 is 0 Å². The van der Waals surface area contributed by atoms with Crippen LogP contribution in [0.4, 0.5) is 5.69 Å². The zero-order valence-corrected chi connectivity index (χ0v) is 19.3. The molecule has 2 aromatic rings. The van der Waals surface area contributed by atoms with E-state index in [2.05, 4.69) is 16.0 Å². The highest BCUT2D eigenvalue weighted by Crippen LogP contribution is 2.50. The first-order valence-corrected chi connectivity index (χ1v) is 10.6. The molecule has 0 bridgehead atoms. The van der Waals surface area contributed by atoms with Gasteiger partial charge < -0.3 is 30.2 Å². The Morgan fingerprint density at radius 3 is 2.44 bits per heavy atom. The van der Waals surface area contributed by atoms with Crippen molar-refractivity contribution in [2.75, 3.05) is 46.8 Å². The van der Waals surface area contributed by atoms with E-state index < -0.39 is 0 Å². The molecule has 8 heteroatoms. The number of nitrogens with one attached hydrogen (secondary N) is 3. The lowest BCUT2D eigenvalue weighted by molar-refractivity contribution is -0.119. The zero-order valence-electron chi connectivity index (χ0n) is 19.3. The van der Waals surface area contributed by atoms with Crippen LogP contribution < -0.4 is 35.6 Å². The molecule has 1 aliphatic rings. The minimum absolute atomic E-state index is 0.138. The number of carbonyl (C=O) groups is 1. The van der Waals surface area contributed by atoms with Gasteiger partial charge in [0, 0.05) is 25.6 Å². The topological polar surface area (TPSA) is 97.9 Å². The standard InChI is InChI=1S/C24H31N3O5/c1-14(28)27-18-8-6-15-12-21(30-3)23(31-4)24(32-5)22(15)16-7-9-19(26-11-10-25-2)20(29)13-17(16)18/h7,9,12-13,18,25H,6,8,10-11H2,1-5H3,(H,26,29)(H,27,28)/t18-/m0/s1. The Morgan fingerprint density at radius 1 is 1.06 bits per heavy atom. The minimum atomic E-state index is -0.318. The number of hydrogen-bond acceptors (Lipinski definition) is 7. The second kappa shape index (κ2) is 10.4. The fourth-order valence-electron chi connectivity index (χ4n) is 4.18. The predicted molar refractivity (Wildman–Crippen MR) is 125 cm³/mol. The summed E-state index contributed by atoms with van der Waals surface area (Å²) in [6.07, 6.45) is 1.29. The van der Waals surface area contributed by atoms with Gasteiger partial charge in [-0.05, 0) is 54.8 Å². The molecule has 32 heavy (non-hydrogen) atoms. The summed E-state index contributed by atoms with van der Waals surface area (Å²) in [5.74, 6) is 1.44. The number of carbonyl (C=O) groups excluding carboxylic acids is 1. The Morgan fingerprint density at radius 2 is 1.81 bits per heavy atom. The highest BCUT2D eigenvalue weighted by Gasteiger charge is 2.29. The van der Waals surface area contributed by atoms with E-state index in [0.29, 0.717) is 42.3 Å². The molecular weight excluding hydrogens is 410 g/mol. The van der Waals surface area contributed by atoms with E-state index in [0.717, 1.165) is 28.8 Å². The van der Waals surface area contributed by atoms with E-state index in [1.165, 1.54) is 6.92 Å². The quantitative estimate of drug-likeness (QED) is 0.542. The second-order valence-corrected chi connectivity index (χ2v) is 7.63. The Labute approximate surface area is 188 Å². The molecule has 0 aliphatic heterocycles. The molecule has 0 aromatic heterocycles. The number of amides is 1. The Balaban J connectivity index is 2.31. The van der Waals surface area contributed by atoms with Gasteiger partial charge in [-0.15, -0.1) is 0 Å². The molecule has 0 saturated carbocycles. The van der Waals surface area contributed by atoms with Crippen molar-refractivity contribution < 1.29 is 19.0 Å². The normalized spacial score (nSPS) is 14.5. The number of hydrogen-bond donors (Lipinski definition) is 3. The monoisotopic (exact) mass is 441 g/mol. The van der Waals surface area contributed by atoms with E-state index in [4.69, 9.17) is 14.2 Å². The average Bonchev–Trinajstić information content (AvgIpc) is 3.02. The molecule has 0 heterocycles. The van der Waals surface area contributed by atoms with Crippen molar-refractivity contribution in [3.8, 4) is 28.4 Å². The maximum atomic E-state index is 13.0. The molecule has 1 aliphatic carbocycles. The molecule has 3 N–H and O–H groups in total. The summed E-state index contributed by atoms with van der Waals surface area (Å²) in [4.78, 5) is 25.0. The van der Waals surface area contributed by atoms with Crippen molar-refractivity contribution in [2.45, 2.75) is 25.8 Å². The summed E-state index contributed by atoms with van der Waals surface area (Å²) in [6, 6.07) is 6.93. The van der Waals surface area contributed by atoms with Gasteiger partial charge in [0.1, 0.15) is 0 Å². The van der Waals surface area contributed by atoms with Crippen LogP contribution in [0.1, 0.15) is 30.5 Å². The first-order valence-electron chi connectivity index (χ1n) is 10.6. The largest absolute Gasteiger partial charge is 0.493 e. The van der Waals surface area contributed by atoms with Crippen LogP contribution in [-0.2, 0) is 11.2 Å². The van der Waals surface area contributed by atoms with Crippen molar-refractivity contribution in [1.29, 1.82) is 0 Å². The van der Waals surface area contributed by atoms with Crippen molar-refractivity contribution in [3.05, 3.63) is 45.6 Å². The molecule has 8 nitrogen and oxygen atoms in total. The minimum Gasteiger partial charge on any atom is -0.493 e. The van der Waals surface area contributed by atoms with Crippen LogP contribution in [0.5, 0.6) is 17.2 Å².